The Hall–Kier alpha value is -2.31. The van der Waals surface area contributed by atoms with Gasteiger partial charge in [-0.1, -0.05) is 39.8 Å². The van der Waals surface area contributed by atoms with Gasteiger partial charge in [0.15, 0.2) is 5.79 Å². The predicted molar refractivity (Wildman–Crippen MR) is 108 cm³/mol. The van der Waals surface area contributed by atoms with E-state index < -0.39 is 17.6 Å². The van der Waals surface area contributed by atoms with Gasteiger partial charge >= 0.3 is 5.97 Å². The van der Waals surface area contributed by atoms with Crippen molar-refractivity contribution >= 4 is 5.97 Å². The summed E-state index contributed by atoms with van der Waals surface area (Å²) in [5.41, 5.74) is 1.60. The molecule has 154 valence electrons. The Labute approximate surface area is 166 Å². The molecule has 2 heterocycles. The van der Waals surface area contributed by atoms with Crippen molar-refractivity contribution in [3.05, 3.63) is 53.5 Å². The number of carboxylic acids is 1. The van der Waals surface area contributed by atoms with E-state index in [0.717, 1.165) is 5.56 Å². The van der Waals surface area contributed by atoms with Crippen molar-refractivity contribution in [2.24, 2.45) is 0 Å². The zero-order valence-electron chi connectivity index (χ0n) is 17.5. The molecule has 1 saturated heterocycles. The first-order chi connectivity index (χ1) is 13.3. The molecule has 1 aliphatic rings. The number of halogens is 1. The van der Waals surface area contributed by atoms with E-state index >= 15 is 0 Å². The van der Waals surface area contributed by atoms with E-state index in [1.165, 1.54) is 18.2 Å². The van der Waals surface area contributed by atoms with Gasteiger partial charge in [0.25, 0.3) is 0 Å². The molecule has 5 nitrogen and oxygen atoms in total. The minimum absolute atomic E-state index is 0.123. The first-order valence-electron chi connectivity index (χ1n) is 9.64. The molecule has 1 unspecified atom stereocenters. The highest BCUT2D eigenvalue weighted by molar-refractivity contribution is 5.88. The summed E-state index contributed by atoms with van der Waals surface area (Å²) in [7, 11) is 0. The Kier molecular flexibility index (Phi) is 9.22. The molecule has 0 amide bonds. The largest absolute Gasteiger partial charge is 0.478 e. The Morgan fingerprint density at radius 1 is 1.21 bits per heavy atom. The minimum atomic E-state index is -1.02. The number of aromatic nitrogens is 1. The van der Waals surface area contributed by atoms with Crippen molar-refractivity contribution < 1.29 is 23.8 Å². The van der Waals surface area contributed by atoms with E-state index in [2.05, 4.69) is 4.98 Å². The second-order valence-corrected chi connectivity index (χ2v) is 6.21. The van der Waals surface area contributed by atoms with Crippen LogP contribution in [-0.2, 0) is 15.9 Å². The third-order valence-corrected chi connectivity index (χ3v) is 3.83. The normalized spacial score (nSPS) is 17.0. The molecule has 28 heavy (non-hydrogen) atoms. The number of nitrogens with zero attached hydrogens (tertiary/aromatic N) is 1. The van der Waals surface area contributed by atoms with Crippen molar-refractivity contribution in [1.82, 2.24) is 4.98 Å². The smallest absolute Gasteiger partial charge is 0.335 e. The van der Waals surface area contributed by atoms with E-state index in [1.807, 2.05) is 41.5 Å². The maximum absolute atomic E-state index is 14.4. The Morgan fingerprint density at radius 3 is 2.29 bits per heavy atom. The third-order valence-electron chi connectivity index (χ3n) is 3.83. The highest BCUT2D eigenvalue weighted by Gasteiger charge is 2.32. The lowest BCUT2D eigenvalue weighted by atomic mass is 10.1. The van der Waals surface area contributed by atoms with Gasteiger partial charge in [-0.2, -0.15) is 0 Å². The SMILES string of the molecule is CC.CC.CC1(C)OCC(Cc2cnc(-c3ccc(C(=O)O)cc3)c(F)c2)O1. The molecule has 0 bridgehead atoms. The van der Waals surface area contributed by atoms with Crippen LogP contribution in [0.4, 0.5) is 4.39 Å². The predicted octanol–water partition coefficient (Wildman–Crippen LogP) is 5.33. The fraction of sp³-hybridized carbons (Fsp3) is 0.455. The number of carboxylic acid groups (broad SMARTS) is 1. The van der Waals surface area contributed by atoms with Gasteiger partial charge in [-0.25, -0.2) is 9.18 Å². The molecule has 0 saturated carbocycles. The fourth-order valence-electron chi connectivity index (χ4n) is 2.70. The summed E-state index contributed by atoms with van der Waals surface area (Å²) in [6.07, 6.45) is 2.01. The summed E-state index contributed by atoms with van der Waals surface area (Å²) in [5, 5.41) is 8.90. The van der Waals surface area contributed by atoms with E-state index in [-0.39, 0.29) is 17.4 Å². The summed E-state index contributed by atoms with van der Waals surface area (Å²) in [6.45, 7) is 12.2. The summed E-state index contributed by atoms with van der Waals surface area (Å²) >= 11 is 0. The number of aromatic carboxylic acids is 1. The Bertz CT molecular complexity index is 760. The molecule has 3 rings (SSSR count). The van der Waals surface area contributed by atoms with Gasteiger partial charge in [0.05, 0.1) is 18.3 Å². The van der Waals surface area contributed by atoms with Gasteiger partial charge in [-0.15, -0.1) is 0 Å². The molecular formula is C22H30FNO4. The second kappa shape index (κ2) is 10.9. The van der Waals surface area contributed by atoms with Gasteiger partial charge in [-0.05, 0) is 37.6 Å². The zero-order valence-corrected chi connectivity index (χ0v) is 17.5. The van der Waals surface area contributed by atoms with Crippen molar-refractivity contribution in [3.63, 3.8) is 0 Å². The number of carbonyl (C=O) groups is 1. The first kappa shape index (κ1) is 23.7. The Balaban J connectivity index is 0.000000921. The zero-order chi connectivity index (χ0) is 21.3. The van der Waals surface area contributed by atoms with Gasteiger partial charge in [0.1, 0.15) is 11.5 Å². The lowest BCUT2D eigenvalue weighted by Crippen LogP contribution is -2.22. The lowest BCUT2D eigenvalue weighted by Gasteiger charge is -2.17. The topological polar surface area (TPSA) is 68.7 Å². The van der Waals surface area contributed by atoms with Crippen molar-refractivity contribution in [2.75, 3.05) is 6.61 Å². The van der Waals surface area contributed by atoms with Crippen LogP contribution < -0.4 is 0 Å². The standard InChI is InChI=1S/C18H18FNO4.2C2H6/c1-18(2)23-10-14(24-18)7-11-8-15(19)16(20-9-11)12-3-5-13(6-4-12)17(21)22;2*1-2/h3-6,8-9,14H,7,10H2,1-2H3,(H,21,22);2*1-2H3. The number of benzene rings is 1. The third kappa shape index (κ3) is 6.39. The number of hydrogen-bond donors (Lipinski definition) is 1. The van der Waals surface area contributed by atoms with Crippen molar-refractivity contribution in [1.29, 1.82) is 0 Å². The molecule has 0 radical (unpaired) electrons. The van der Waals surface area contributed by atoms with Crippen LogP contribution in [0.1, 0.15) is 57.5 Å². The molecule has 1 atom stereocenters. The average molecular weight is 391 g/mol. The minimum Gasteiger partial charge on any atom is -0.478 e. The van der Waals surface area contributed by atoms with E-state index in [4.69, 9.17) is 14.6 Å². The van der Waals surface area contributed by atoms with E-state index in [9.17, 15) is 9.18 Å². The summed E-state index contributed by atoms with van der Waals surface area (Å²) < 4.78 is 25.6. The molecule has 1 fully saturated rings. The second-order valence-electron chi connectivity index (χ2n) is 6.21. The van der Waals surface area contributed by atoms with Crippen molar-refractivity contribution in [3.8, 4) is 11.3 Å². The number of pyridine rings is 1. The monoisotopic (exact) mass is 391 g/mol. The highest BCUT2D eigenvalue weighted by atomic mass is 19.1. The first-order valence-corrected chi connectivity index (χ1v) is 9.64. The maximum Gasteiger partial charge on any atom is 0.335 e. The van der Waals surface area contributed by atoms with Crippen LogP contribution in [0.25, 0.3) is 11.3 Å². The molecule has 1 N–H and O–H groups in total. The number of rotatable bonds is 4. The van der Waals surface area contributed by atoms with E-state index in [1.54, 1.807) is 18.3 Å². The molecule has 0 spiro atoms. The summed E-state index contributed by atoms with van der Waals surface area (Å²) in [4.78, 5) is 15.0. The van der Waals surface area contributed by atoms with Crippen LogP contribution in [-0.4, -0.2) is 34.6 Å². The molecule has 1 aromatic heterocycles. The summed E-state index contributed by atoms with van der Waals surface area (Å²) in [6, 6.07) is 7.38. The molecule has 1 aromatic carbocycles. The fourth-order valence-corrected chi connectivity index (χ4v) is 2.70. The lowest BCUT2D eigenvalue weighted by molar-refractivity contribution is -0.138. The van der Waals surface area contributed by atoms with Crippen molar-refractivity contribution in [2.45, 2.75) is 59.9 Å². The van der Waals surface area contributed by atoms with Crippen LogP contribution in [0, 0.1) is 5.82 Å². The number of ether oxygens (including phenoxy) is 2. The highest BCUT2D eigenvalue weighted by Crippen LogP contribution is 2.26. The molecule has 2 aromatic rings. The van der Waals surface area contributed by atoms with Crippen LogP contribution in [0.3, 0.4) is 0 Å². The molecular weight excluding hydrogens is 361 g/mol. The number of hydrogen-bond acceptors (Lipinski definition) is 4. The maximum atomic E-state index is 14.4. The van der Waals surface area contributed by atoms with Gasteiger partial charge in [0.2, 0.25) is 0 Å². The van der Waals surface area contributed by atoms with Gasteiger partial charge in [0, 0.05) is 18.2 Å². The quantitative estimate of drug-likeness (QED) is 0.763. The summed E-state index contributed by atoms with van der Waals surface area (Å²) in [5.74, 6) is -2.08. The average Bonchev–Trinajstić information content (AvgIpc) is 3.03. The van der Waals surface area contributed by atoms with Gasteiger partial charge in [-0.3, -0.25) is 4.98 Å². The van der Waals surface area contributed by atoms with Gasteiger partial charge < -0.3 is 14.6 Å². The molecule has 6 heteroatoms. The van der Waals surface area contributed by atoms with E-state index in [0.29, 0.717) is 18.6 Å². The molecule has 1 aliphatic heterocycles. The van der Waals surface area contributed by atoms with Crippen LogP contribution in [0.5, 0.6) is 0 Å². The van der Waals surface area contributed by atoms with Crippen LogP contribution >= 0.6 is 0 Å². The Morgan fingerprint density at radius 2 is 1.82 bits per heavy atom. The van der Waals surface area contributed by atoms with Crippen LogP contribution in [0.2, 0.25) is 0 Å². The molecule has 0 aliphatic carbocycles. The van der Waals surface area contributed by atoms with Crippen LogP contribution in [0.15, 0.2) is 36.5 Å².